The zero-order chi connectivity index (χ0) is 15.4. The van der Waals surface area contributed by atoms with E-state index in [0.29, 0.717) is 0 Å². The van der Waals surface area contributed by atoms with Gasteiger partial charge in [0, 0.05) is 23.8 Å². The number of hydrogen-bond acceptors (Lipinski definition) is 4. The molecule has 0 heterocycles. The van der Waals surface area contributed by atoms with Crippen LogP contribution in [0.25, 0.3) is 0 Å². The van der Waals surface area contributed by atoms with Crippen LogP contribution in [-0.4, -0.2) is 0 Å². The molecule has 7 nitrogen and oxygen atoms in total. The van der Waals surface area contributed by atoms with Gasteiger partial charge in [0.2, 0.25) is 0 Å². The SMILES string of the molecule is [C-]#[O+].[C-]#[O+].[C-]#[O+].[CH]1C=CC=CC=C1.[Cr].[O-][Cl+3]([O-])([O-])[O-]. The Kier molecular flexibility index (Phi) is 49.1. The Labute approximate surface area is 123 Å². The van der Waals surface area contributed by atoms with E-state index >= 15 is 0 Å². The Morgan fingerprint density at radius 2 is 0.737 bits per heavy atom. The van der Waals surface area contributed by atoms with E-state index in [1.165, 1.54) is 0 Å². The normalized spacial score (nSPS) is 9.79. The molecule has 0 aromatic rings. The molecule has 19 heavy (non-hydrogen) atoms. The molecule has 1 aliphatic rings. The van der Waals surface area contributed by atoms with E-state index in [9.17, 15) is 0 Å². The van der Waals surface area contributed by atoms with E-state index in [1.54, 1.807) is 0 Å². The van der Waals surface area contributed by atoms with E-state index in [4.69, 9.17) is 32.6 Å². The van der Waals surface area contributed by atoms with Crippen LogP contribution in [0.3, 0.4) is 0 Å². The molecule has 0 aromatic carbocycles. The fraction of sp³-hybridized carbons (Fsp3) is 0. The third-order valence-electron chi connectivity index (χ3n) is 0.778. The molecule has 103 valence electrons. The van der Waals surface area contributed by atoms with Gasteiger partial charge in [-0.05, 0) is 0 Å². The van der Waals surface area contributed by atoms with Crippen molar-refractivity contribution >= 4 is 0 Å². The molecule has 1 radical (unpaired) electrons. The van der Waals surface area contributed by atoms with Crippen molar-refractivity contribution in [2.45, 2.75) is 0 Å². The summed E-state index contributed by atoms with van der Waals surface area (Å²) in [6.45, 7) is 13.5. The van der Waals surface area contributed by atoms with Gasteiger partial charge in [-0.25, -0.2) is 18.6 Å². The van der Waals surface area contributed by atoms with Gasteiger partial charge in [-0.2, -0.15) is 0 Å². The van der Waals surface area contributed by atoms with Crippen LogP contribution in [0.4, 0.5) is 0 Å². The van der Waals surface area contributed by atoms with Crippen molar-refractivity contribution in [2.75, 3.05) is 0 Å². The monoisotopic (exact) mass is 326 g/mol. The largest absolute Gasteiger partial charge is 0.222 e. The minimum Gasteiger partial charge on any atom is -0.222 e. The Balaban J connectivity index is -0.0000000488. The van der Waals surface area contributed by atoms with Gasteiger partial charge < -0.3 is 0 Å². The molecule has 0 atom stereocenters. The molecule has 9 heteroatoms. The molecule has 0 aliphatic heterocycles. The summed E-state index contributed by atoms with van der Waals surface area (Å²) >= 11 is 0. The maximum absolute atomic E-state index is 8.49. The molecule has 0 unspecified atom stereocenters. The minimum absolute atomic E-state index is 0. The van der Waals surface area contributed by atoms with Crippen molar-refractivity contribution in [3.8, 4) is 0 Å². The van der Waals surface area contributed by atoms with Crippen LogP contribution in [0.2, 0.25) is 0 Å². The van der Waals surface area contributed by atoms with Crippen LogP contribution in [0, 0.1) is 36.6 Å². The third kappa shape index (κ3) is 105. The maximum Gasteiger partial charge on any atom is 0.00506 e. The zero-order valence-electron chi connectivity index (χ0n) is 9.19. The van der Waals surface area contributed by atoms with Crippen LogP contribution in [0.15, 0.2) is 36.5 Å². The summed E-state index contributed by atoms with van der Waals surface area (Å²) < 4.78 is 56.5. The fourth-order valence-corrected chi connectivity index (χ4v) is 0.449. The third-order valence-corrected chi connectivity index (χ3v) is 0.778. The van der Waals surface area contributed by atoms with Crippen LogP contribution in [0.1, 0.15) is 0 Å². The van der Waals surface area contributed by atoms with E-state index in [1.807, 2.05) is 42.9 Å². The van der Waals surface area contributed by atoms with Gasteiger partial charge in [0.15, 0.2) is 0 Å². The van der Waals surface area contributed by atoms with Gasteiger partial charge in [-0.3, -0.25) is 0 Å². The molecule has 0 N–H and O–H groups in total. The second kappa shape index (κ2) is 30.3. The molecular formula is C10H7ClCrO7-. The Morgan fingerprint density at radius 3 is 0.947 bits per heavy atom. The van der Waals surface area contributed by atoms with Gasteiger partial charge in [0.1, 0.15) is 0 Å². The second-order valence-corrected chi connectivity index (χ2v) is 2.48. The predicted octanol–water partition coefficient (Wildman–Crippen LogP) is -3.00. The summed E-state index contributed by atoms with van der Waals surface area (Å²) in [6, 6.07) is 0. The number of allylic oxidation sites excluding steroid dienone is 6. The Bertz CT molecular complexity index is 265. The standard InChI is InChI=1S/C7H7.3CO.ClHO4.Cr/c1-2-4-6-7-5-3-1;3*1-2;2-1(3,4)5;/h1-7H;;;;(H,2,3,4,5);/p-1. The van der Waals surface area contributed by atoms with Crippen LogP contribution >= 0.6 is 0 Å². The average molecular weight is 327 g/mol. The van der Waals surface area contributed by atoms with Crippen LogP contribution in [-0.2, 0) is 31.3 Å². The van der Waals surface area contributed by atoms with Crippen LogP contribution < -0.4 is 18.6 Å². The molecule has 0 saturated heterocycles. The first-order chi connectivity index (χ1) is 8.50. The molecular weight excluding hydrogens is 320 g/mol. The average Bonchev–Trinajstić information content (AvgIpc) is 2.67. The topological polar surface area (TPSA) is 152 Å². The summed E-state index contributed by atoms with van der Waals surface area (Å²) in [4.78, 5) is 0. The van der Waals surface area contributed by atoms with Crippen molar-refractivity contribution in [3.05, 3.63) is 62.8 Å². The Hall–Kier alpha value is -0.898. The van der Waals surface area contributed by atoms with E-state index in [-0.39, 0.29) is 17.4 Å². The first kappa shape index (κ1) is 30.8. The van der Waals surface area contributed by atoms with Crippen LogP contribution in [0.5, 0.6) is 0 Å². The maximum atomic E-state index is 8.49. The summed E-state index contributed by atoms with van der Waals surface area (Å²) in [5.41, 5.74) is 0. The number of rotatable bonds is 0. The van der Waals surface area contributed by atoms with Crippen molar-refractivity contribution in [1.29, 1.82) is 0 Å². The molecule has 1 aliphatic carbocycles. The van der Waals surface area contributed by atoms with Gasteiger partial charge in [0.25, 0.3) is 0 Å². The zero-order valence-corrected chi connectivity index (χ0v) is 11.2. The number of halogens is 1. The molecule has 0 fully saturated rings. The smallest absolute Gasteiger partial charge is 0.00506 e. The molecule has 1 rings (SSSR count). The molecule has 0 amide bonds. The minimum atomic E-state index is -4.94. The molecule has 0 spiro atoms. The summed E-state index contributed by atoms with van der Waals surface area (Å²) in [7, 11) is -4.94. The van der Waals surface area contributed by atoms with Crippen molar-refractivity contribution in [3.63, 3.8) is 0 Å². The summed E-state index contributed by atoms with van der Waals surface area (Å²) in [5, 5.41) is 0. The van der Waals surface area contributed by atoms with Crippen molar-refractivity contribution in [1.82, 2.24) is 0 Å². The van der Waals surface area contributed by atoms with Gasteiger partial charge >= 0.3 is 33.9 Å². The quantitative estimate of drug-likeness (QED) is 0.344. The number of hydrogen-bond donors (Lipinski definition) is 0. The van der Waals surface area contributed by atoms with E-state index in [2.05, 4.69) is 20.0 Å². The van der Waals surface area contributed by atoms with Gasteiger partial charge in [-0.1, -0.05) is 36.5 Å². The fourth-order valence-electron chi connectivity index (χ4n) is 0.449. The van der Waals surface area contributed by atoms with Crippen molar-refractivity contribution in [2.24, 2.45) is 0 Å². The molecule has 0 bridgehead atoms. The van der Waals surface area contributed by atoms with Crippen molar-refractivity contribution < 1.29 is 60.2 Å². The Morgan fingerprint density at radius 1 is 0.579 bits per heavy atom. The summed E-state index contributed by atoms with van der Waals surface area (Å²) in [5.74, 6) is 0. The summed E-state index contributed by atoms with van der Waals surface area (Å²) in [6.07, 6.45) is 14.0. The molecule has 0 saturated carbocycles. The predicted molar refractivity (Wildman–Crippen MR) is 43.5 cm³/mol. The second-order valence-electron chi connectivity index (χ2n) is 1.73. The van der Waals surface area contributed by atoms with E-state index in [0.717, 1.165) is 0 Å². The van der Waals surface area contributed by atoms with Gasteiger partial charge in [-0.15, -0.1) is 10.2 Å². The first-order valence-electron chi connectivity index (χ1n) is 3.56. The van der Waals surface area contributed by atoms with Gasteiger partial charge in [0.05, 0.1) is 0 Å². The van der Waals surface area contributed by atoms with E-state index < -0.39 is 10.2 Å². The molecule has 0 aromatic heterocycles. The first-order valence-corrected chi connectivity index (χ1v) is 4.80.